The van der Waals surface area contributed by atoms with Crippen molar-refractivity contribution in [3.8, 4) is 45.2 Å². The first-order chi connectivity index (χ1) is 27.9. The second kappa shape index (κ2) is 18.0. The van der Waals surface area contributed by atoms with Gasteiger partial charge in [0.25, 0.3) is 0 Å². The molecule has 0 radical (unpaired) electrons. The Labute approximate surface area is 335 Å². The van der Waals surface area contributed by atoms with Crippen molar-refractivity contribution in [2.75, 3.05) is 34.5 Å². The quantitative estimate of drug-likeness (QED) is 0.0979. The van der Waals surface area contributed by atoms with Gasteiger partial charge in [-0.15, -0.1) is 0 Å². The summed E-state index contributed by atoms with van der Waals surface area (Å²) in [7, 11) is 3.33. The van der Waals surface area contributed by atoms with Crippen molar-refractivity contribution in [3.63, 3.8) is 0 Å². The van der Waals surface area contributed by atoms with Gasteiger partial charge in [-0.3, -0.25) is 9.36 Å². The molecule has 314 valence electrons. The number of aromatic nitrogens is 6. The monoisotopic (exact) mass is 880 g/mol. The third-order valence-corrected chi connectivity index (χ3v) is 8.72. The van der Waals surface area contributed by atoms with E-state index in [2.05, 4.69) is 30.0 Å². The summed E-state index contributed by atoms with van der Waals surface area (Å²) < 4.78 is 136. The lowest BCUT2D eigenvalue weighted by molar-refractivity contribution is -0.144. The van der Waals surface area contributed by atoms with Gasteiger partial charge in [0.1, 0.15) is 34.1 Å². The van der Waals surface area contributed by atoms with Crippen molar-refractivity contribution in [2.24, 2.45) is 0 Å². The predicted octanol–water partition coefficient (Wildman–Crippen LogP) is 8.24. The van der Waals surface area contributed by atoms with Gasteiger partial charge in [-0.1, -0.05) is 45.6 Å². The van der Waals surface area contributed by atoms with Crippen LogP contribution in [0.15, 0.2) is 57.8 Å². The first-order valence-corrected chi connectivity index (χ1v) is 17.1. The van der Waals surface area contributed by atoms with Crippen molar-refractivity contribution >= 4 is 35.1 Å². The number of rotatable bonds is 11. The molecule has 0 spiro atoms. The lowest BCUT2D eigenvalue weighted by Gasteiger charge is -2.12. The molecule has 0 atom stereocenters. The molecule has 4 aromatic heterocycles. The molecule has 6 aromatic rings. The van der Waals surface area contributed by atoms with Crippen LogP contribution in [0.2, 0.25) is 10.0 Å². The number of benzene rings is 2. The van der Waals surface area contributed by atoms with E-state index in [4.69, 9.17) is 42.1 Å². The minimum atomic E-state index is -4.91. The molecule has 0 fully saturated rings. The lowest BCUT2D eigenvalue weighted by Crippen LogP contribution is -2.18. The molecule has 0 aliphatic heterocycles. The summed E-state index contributed by atoms with van der Waals surface area (Å²) in [4.78, 5) is 24.8. The second-order valence-electron chi connectivity index (χ2n) is 11.6. The topological polar surface area (TPSA) is 170 Å². The van der Waals surface area contributed by atoms with E-state index in [0.717, 1.165) is 38.7 Å². The van der Waals surface area contributed by atoms with Crippen LogP contribution in [-0.2, 0) is 39.7 Å². The van der Waals surface area contributed by atoms with Gasteiger partial charge in [-0.05, 0) is 24.3 Å². The summed E-state index contributed by atoms with van der Waals surface area (Å²) in [5, 5.41) is 23.2. The van der Waals surface area contributed by atoms with E-state index in [1.54, 1.807) is 0 Å². The molecule has 0 unspecified atom stereocenters. The van der Waals surface area contributed by atoms with Crippen LogP contribution in [0.4, 0.5) is 35.1 Å². The second-order valence-corrected chi connectivity index (χ2v) is 12.4. The Balaban J connectivity index is 0.000000224. The Morgan fingerprint density at radius 2 is 1.12 bits per heavy atom. The van der Waals surface area contributed by atoms with Crippen molar-refractivity contribution in [1.29, 1.82) is 0 Å². The van der Waals surface area contributed by atoms with Crippen molar-refractivity contribution < 1.29 is 73.1 Å². The first kappa shape index (κ1) is 44.3. The highest BCUT2D eigenvalue weighted by Gasteiger charge is 2.43. The number of methoxy groups -OCH3 is 3. The van der Waals surface area contributed by atoms with Crippen LogP contribution in [-0.4, -0.2) is 81.5 Å². The molecule has 0 saturated carbocycles. The van der Waals surface area contributed by atoms with Gasteiger partial charge in [0.2, 0.25) is 0 Å². The van der Waals surface area contributed by atoms with E-state index >= 15 is 0 Å². The largest absolute Gasteiger partial charge is 0.465 e. The highest BCUT2D eigenvalue weighted by molar-refractivity contribution is 6.34. The summed E-state index contributed by atoms with van der Waals surface area (Å²) in [6, 6.07) is 7.37. The van der Waals surface area contributed by atoms with Gasteiger partial charge in [-0.25, -0.2) is 18.4 Å². The maximum atomic E-state index is 14.4. The fraction of sp³-hybridized carbons (Fsp3) is 0.257. The molecule has 0 amide bonds. The first-order valence-electron chi connectivity index (χ1n) is 16.3. The molecule has 4 heterocycles. The summed E-state index contributed by atoms with van der Waals surface area (Å²) in [5.74, 6) is -5.11. The molecule has 59 heavy (non-hydrogen) atoms. The number of esters is 2. The fourth-order valence-electron chi connectivity index (χ4n) is 5.63. The highest BCUT2D eigenvalue weighted by atomic mass is 35.5. The van der Waals surface area contributed by atoms with E-state index in [-0.39, 0.29) is 34.3 Å². The summed E-state index contributed by atoms with van der Waals surface area (Å²) in [6.45, 7) is -1.32. The SMILES string of the molecule is COC(=O)c1c(-c2c(F)cccc2Cl)noc1-c1cnn(CCO)c1C(F)(F)F.COCCn1ncc(-c2onc(-c3c(F)cccc3Cl)c2C(=O)OC)c1C(F)(F)F. The van der Waals surface area contributed by atoms with Gasteiger partial charge in [0.05, 0.1) is 85.2 Å². The number of carbonyl (C=O) groups excluding carboxylic acids is 2. The number of ether oxygens (including phenoxy) is 3. The average molecular weight is 882 g/mol. The normalized spacial score (nSPS) is 11.7. The van der Waals surface area contributed by atoms with Gasteiger partial charge in [-0.2, -0.15) is 36.5 Å². The molecule has 0 bridgehead atoms. The smallest absolute Gasteiger partial charge is 0.433 e. The maximum absolute atomic E-state index is 14.4. The summed E-state index contributed by atoms with van der Waals surface area (Å²) >= 11 is 12.0. The molecule has 14 nitrogen and oxygen atoms in total. The predicted molar refractivity (Wildman–Crippen MR) is 188 cm³/mol. The third kappa shape index (κ3) is 8.94. The molecule has 2 aromatic carbocycles. The van der Waals surface area contributed by atoms with E-state index in [0.29, 0.717) is 9.36 Å². The molecule has 24 heteroatoms. The number of hydrogen-bond donors (Lipinski definition) is 1. The Morgan fingerprint density at radius 1 is 0.712 bits per heavy atom. The zero-order valence-corrected chi connectivity index (χ0v) is 31.7. The van der Waals surface area contributed by atoms with Crippen LogP contribution in [0.5, 0.6) is 0 Å². The molecule has 0 aliphatic rings. The number of alkyl halides is 6. The summed E-state index contributed by atoms with van der Waals surface area (Å²) in [6.07, 6.45) is -8.08. The van der Waals surface area contributed by atoms with Gasteiger partial charge >= 0.3 is 24.3 Å². The Morgan fingerprint density at radius 3 is 1.46 bits per heavy atom. The number of aliphatic hydroxyl groups excluding tert-OH is 1. The number of hydrogen-bond acceptors (Lipinski definition) is 12. The third-order valence-electron chi connectivity index (χ3n) is 8.09. The van der Waals surface area contributed by atoms with E-state index in [1.165, 1.54) is 31.4 Å². The number of nitrogens with zero attached hydrogens (tertiary/aromatic N) is 6. The standard InChI is InChI=1S/C18H14ClF4N3O4.C17H12ClF4N3O4/c1-28-7-6-26-16(18(21,22)23)9(8-24-26)15-13(17(27)29-2)14(25-30-15)12-10(19)4-3-5-11(12)20;1-28-16(27)12-13(11-9(18)3-2-4-10(11)19)24-29-14(12)8-7-23-25(5-6-26)15(8)17(20,21)22/h3-5,8H,6-7H2,1-2H3;2-4,7,26H,5-6H2,1H3. The van der Waals surface area contributed by atoms with Gasteiger partial charge in [0.15, 0.2) is 22.9 Å². The van der Waals surface area contributed by atoms with E-state index in [9.17, 15) is 44.7 Å². The Hall–Kier alpha value is -5.84. The van der Waals surface area contributed by atoms with E-state index < -0.39 is 106 Å². The van der Waals surface area contributed by atoms with Crippen LogP contribution in [0.3, 0.4) is 0 Å². The van der Waals surface area contributed by atoms with Gasteiger partial charge in [0, 0.05) is 7.11 Å². The minimum Gasteiger partial charge on any atom is -0.465 e. The molecule has 1 N–H and O–H groups in total. The van der Waals surface area contributed by atoms with Crippen molar-refractivity contribution in [3.05, 3.63) is 93.0 Å². The van der Waals surface area contributed by atoms with Crippen LogP contribution in [0, 0.1) is 11.6 Å². The number of carbonyl (C=O) groups is 2. The number of aliphatic hydroxyl groups is 1. The van der Waals surface area contributed by atoms with Crippen LogP contribution < -0.4 is 0 Å². The van der Waals surface area contributed by atoms with E-state index in [1.807, 2.05) is 0 Å². The van der Waals surface area contributed by atoms with Crippen molar-refractivity contribution in [2.45, 2.75) is 25.4 Å². The molecule has 6 rings (SSSR count). The molecule has 0 saturated heterocycles. The molecular weight excluding hydrogens is 855 g/mol. The average Bonchev–Trinajstić information content (AvgIpc) is 3.98. The Bertz CT molecular complexity index is 2440. The molecule has 0 aliphatic carbocycles. The van der Waals surface area contributed by atoms with Gasteiger partial charge < -0.3 is 28.4 Å². The summed E-state index contributed by atoms with van der Waals surface area (Å²) in [5.41, 5.74) is -6.17. The minimum absolute atomic E-state index is 0.0411. The molecular formula is C35H26Cl2F8N6O8. The zero-order chi connectivity index (χ0) is 43.4. The highest BCUT2D eigenvalue weighted by Crippen LogP contribution is 2.44. The fourth-order valence-corrected chi connectivity index (χ4v) is 6.14. The maximum Gasteiger partial charge on any atom is 0.433 e. The van der Waals surface area contributed by atoms with Crippen molar-refractivity contribution in [1.82, 2.24) is 29.9 Å². The van der Waals surface area contributed by atoms with Crippen LogP contribution in [0.1, 0.15) is 32.1 Å². The van der Waals surface area contributed by atoms with Crippen LogP contribution >= 0.6 is 23.2 Å². The van der Waals surface area contributed by atoms with Crippen LogP contribution in [0.25, 0.3) is 45.2 Å². The zero-order valence-electron chi connectivity index (χ0n) is 30.2. The Kier molecular flexibility index (Phi) is 13.5. The number of halogens is 10. The lowest BCUT2D eigenvalue weighted by atomic mass is 10.0.